The van der Waals surface area contributed by atoms with E-state index in [1.807, 2.05) is 0 Å². The highest BCUT2D eigenvalue weighted by Crippen LogP contribution is 2.32. The van der Waals surface area contributed by atoms with E-state index in [9.17, 15) is 27.2 Å². The summed E-state index contributed by atoms with van der Waals surface area (Å²) in [5.41, 5.74) is 1.70. The second-order valence-electron chi connectivity index (χ2n) is 7.36. The zero-order chi connectivity index (χ0) is 22.3. The zero-order valence-corrected chi connectivity index (χ0v) is 17.0. The highest BCUT2D eigenvalue weighted by atomic mass is 32.2. The normalized spacial score (nSPS) is 18.7. The molecule has 1 fully saturated rings. The Morgan fingerprint density at radius 2 is 1.90 bits per heavy atom. The first kappa shape index (κ1) is 20.9. The average molecular weight is 446 g/mol. The number of nitrogens with zero attached hydrogens (tertiary/aromatic N) is 1. The van der Waals surface area contributed by atoms with Crippen molar-refractivity contribution in [1.82, 2.24) is 10.2 Å². The van der Waals surface area contributed by atoms with Gasteiger partial charge in [0.05, 0.1) is 0 Å². The fourth-order valence-corrected chi connectivity index (χ4v) is 4.50. The van der Waals surface area contributed by atoms with Crippen LogP contribution in [0.4, 0.5) is 10.1 Å². The molecule has 2 aliphatic rings. The van der Waals surface area contributed by atoms with Crippen molar-refractivity contribution in [1.29, 1.82) is 0 Å². The average Bonchev–Trinajstić information content (AvgIpc) is 3.03. The van der Waals surface area contributed by atoms with Gasteiger partial charge in [-0.3, -0.25) is 19.7 Å². The highest BCUT2D eigenvalue weighted by molar-refractivity contribution is 7.89. The Morgan fingerprint density at radius 1 is 1.16 bits per heavy atom. The third kappa shape index (κ3) is 3.89. The van der Waals surface area contributed by atoms with Gasteiger partial charge in [-0.2, -0.15) is 0 Å². The minimum atomic E-state index is -4.20. The van der Waals surface area contributed by atoms with E-state index in [2.05, 4.69) is 10.6 Å². The summed E-state index contributed by atoms with van der Waals surface area (Å²) in [5, 5.41) is 10.3. The SMILES string of the molecule is NS(=O)(=O)c1cccc(CNc2cccc3c2CN([C@H]2CCC(=O)NC2=O)C3=O)c1F. The van der Waals surface area contributed by atoms with Gasteiger partial charge in [-0.25, -0.2) is 17.9 Å². The fraction of sp³-hybridized carbons (Fsp3) is 0.250. The Labute approximate surface area is 177 Å². The van der Waals surface area contributed by atoms with Crippen molar-refractivity contribution in [2.24, 2.45) is 5.14 Å². The number of carbonyl (C=O) groups is 3. The Bertz CT molecular complexity index is 1210. The van der Waals surface area contributed by atoms with Gasteiger partial charge in [-0.1, -0.05) is 18.2 Å². The number of hydrogen-bond donors (Lipinski definition) is 3. The molecule has 0 unspecified atom stereocenters. The number of sulfonamides is 1. The Kier molecular flexibility index (Phi) is 5.23. The molecule has 1 saturated heterocycles. The van der Waals surface area contributed by atoms with Crippen LogP contribution in [0, 0.1) is 5.82 Å². The number of imide groups is 1. The van der Waals surface area contributed by atoms with E-state index >= 15 is 0 Å². The van der Waals surface area contributed by atoms with E-state index in [0.717, 1.165) is 6.07 Å². The largest absolute Gasteiger partial charge is 0.381 e. The van der Waals surface area contributed by atoms with E-state index < -0.39 is 32.7 Å². The smallest absolute Gasteiger partial charge is 0.255 e. The maximum atomic E-state index is 14.6. The molecule has 1 atom stereocenters. The molecule has 0 aliphatic carbocycles. The van der Waals surface area contributed by atoms with Gasteiger partial charge in [0.15, 0.2) is 0 Å². The van der Waals surface area contributed by atoms with Crippen LogP contribution in [0.2, 0.25) is 0 Å². The molecule has 2 heterocycles. The molecule has 2 aliphatic heterocycles. The number of primary sulfonamides is 1. The van der Waals surface area contributed by atoms with Crippen LogP contribution < -0.4 is 15.8 Å². The number of hydrogen-bond acceptors (Lipinski definition) is 6. The summed E-state index contributed by atoms with van der Waals surface area (Å²) >= 11 is 0. The van der Waals surface area contributed by atoms with E-state index in [-0.39, 0.29) is 43.3 Å². The van der Waals surface area contributed by atoms with Crippen molar-refractivity contribution < 1.29 is 27.2 Å². The number of fused-ring (bicyclic) bond motifs is 1. The molecule has 11 heteroatoms. The molecule has 31 heavy (non-hydrogen) atoms. The van der Waals surface area contributed by atoms with Crippen molar-refractivity contribution in [3.63, 3.8) is 0 Å². The molecule has 2 aromatic carbocycles. The second kappa shape index (κ2) is 7.75. The molecule has 0 radical (unpaired) electrons. The topological polar surface area (TPSA) is 139 Å². The van der Waals surface area contributed by atoms with Crippen LogP contribution in [0.15, 0.2) is 41.3 Å². The molecule has 2 aromatic rings. The van der Waals surface area contributed by atoms with Gasteiger partial charge in [0.25, 0.3) is 5.91 Å². The van der Waals surface area contributed by atoms with Crippen LogP contribution in [-0.4, -0.2) is 37.1 Å². The molecule has 4 N–H and O–H groups in total. The van der Waals surface area contributed by atoms with E-state index in [4.69, 9.17) is 5.14 Å². The molecule has 162 valence electrons. The molecule has 4 rings (SSSR count). The first-order valence-corrected chi connectivity index (χ1v) is 11.0. The maximum absolute atomic E-state index is 14.6. The minimum Gasteiger partial charge on any atom is -0.381 e. The summed E-state index contributed by atoms with van der Waals surface area (Å²) in [6.45, 7) is 0.113. The van der Waals surface area contributed by atoms with Gasteiger partial charge in [0.2, 0.25) is 21.8 Å². The third-order valence-corrected chi connectivity index (χ3v) is 6.33. The van der Waals surface area contributed by atoms with Gasteiger partial charge in [0.1, 0.15) is 16.8 Å². The molecule has 0 aromatic heterocycles. The number of benzene rings is 2. The number of piperidine rings is 1. The Hall–Kier alpha value is -3.31. The maximum Gasteiger partial charge on any atom is 0.255 e. The number of nitrogens with two attached hydrogens (primary N) is 1. The van der Waals surface area contributed by atoms with Crippen LogP contribution in [-0.2, 0) is 32.7 Å². The Morgan fingerprint density at radius 3 is 2.61 bits per heavy atom. The van der Waals surface area contributed by atoms with Gasteiger partial charge < -0.3 is 10.2 Å². The van der Waals surface area contributed by atoms with Gasteiger partial charge in [-0.15, -0.1) is 0 Å². The van der Waals surface area contributed by atoms with E-state index in [0.29, 0.717) is 16.8 Å². The van der Waals surface area contributed by atoms with Crippen molar-refractivity contribution in [3.8, 4) is 0 Å². The van der Waals surface area contributed by atoms with E-state index in [1.54, 1.807) is 18.2 Å². The molecule has 0 bridgehead atoms. The summed E-state index contributed by atoms with van der Waals surface area (Å²) in [5.74, 6) is -2.13. The van der Waals surface area contributed by atoms with Crippen LogP contribution in [0.1, 0.15) is 34.3 Å². The number of carbonyl (C=O) groups excluding carboxylic acids is 3. The number of rotatable bonds is 5. The molecule has 0 saturated carbocycles. The van der Waals surface area contributed by atoms with Gasteiger partial charge in [0, 0.05) is 41.9 Å². The van der Waals surface area contributed by atoms with Crippen LogP contribution >= 0.6 is 0 Å². The highest BCUT2D eigenvalue weighted by Gasteiger charge is 2.39. The lowest BCUT2D eigenvalue weighted by Crippen LogP contribution is -2.52. The number of nitrogens with one attached hydrogen (secondary N) is 2. The monoisotopic (exact) mass is 446 g/mol. The molecular formula is C20H19FN4O5S. The molecule has 9 nitrogen and oxygen atoms in total. The first-order chi connectivity index (χ1) is 14.7. The number of anilines is 1. The van der Waals surface area contributed by atoms with Crippen molar-refractivity contribution in [3.05, 3.63) is 58.9 Å². The predicted molar refractivity (Wildman–Crippen MR) is 108 cm³/mol. The molecule has 3 amide bonds. The number of halogens is 1. The lowest BCUT2D eigenvalue weighted by molar-refractivity contribution is -0.136. The zero-order valence-electron chi connectivity index (χ0n) is 16.2. The molecular weight excluding hydrogens is 427 g/mol. The minimum absolute atomic E-state index is 0.0434. The summed E-state index contributed by atoms with van der Waals surface area (Å²) in [6.07, 6.45) is 0.403. The summed E-state index contributed by atoms with van der Waals surface area (Å²) in [4.78, 5) is 37.3. The standard InChI is InChI=1S/C20H19FN4O5S/c21-18-11(3-1-6-16(18)31(22,29)30)9-23-14-5-2-4-12-13(14)10-25(20(12)28)15-7-8-17(26)24-19(15)27/h1-6,15,23H,7-10H2,(H2,22,29,30)(H,24,26,27)/t15-/m0/s1. The van der Waals surface area contributed by atoms with Gasteiger partial charge in [-0.05, 0) is 24.6 Å². The van der Waals surface area contributed by atoms with E-state index in [1.165, 1.54) is 17.0 Å². The lowest BCUT2D eigenvalue weighted by atomic mass is 10.0. The first-order valence-electron chi connectivity index (χ1n) is 9.47. The van der Waals surface area contributed by atoms with Crippen molar-refractivity contribution in [2.75, 3.05) is 5.32 Å². The van der Waals surface area contributed by atoms with Crippen LogP contribution in [0.5, 0.6) is 0 Å². The summed E-state index contributed by atoms with van der Waals surface area (Å²) < 4.78 is 37.6. The number of amides is 3. The van der Waals surface area contributed by atoms with Gasteiger partial charge >= 0.3 is 0 Å². The summed E-state index contributed by atoms with van der Waals surface area (Å²) in [7, 11) is -4.20. The quantitative estimate of drug-likeness (QED) is 0.582. The summed E-state index contributed by atoms with van der Waals surface area (Å²) in [6, 6.07) is 8.17. The molecule has 0 spiro atoms. The lowest BCUT2D eigenvalue weighted by Gasteiger charge is -2.29. The van der Waals surface area contributed by atoms with Crippen molar-refractivity contribution in [2.45, 2.75) is 36.9 Å². The Balaban J connectivity index is 1.56. The fourth-order valence-electron chi connectivity index (χ4n) is 3.85. The third-order valence-electron chi connectivity index (χ3n) is 5.40. The van der Waals surface area contributed by atoms with Crippen LogP contribution in [0.3, 0.4) is 0 Å². The van der Waals surface area contributed by atoms with Crippen molar-refractivity contribution >= 4 is 33.4 Å². The second-order valence-corrected chi connectivity index (χ2v) is 8.89. The van der Waals surface area contributed by atoms with Crippen LogP contribution in [0.25, 0.3) is 0 Å². The predicted octanol–water partition coefficient (Wildman–Crippen LogP) is 0.846.